The molecule has 1 aliphatic rings. The molecule has 1 fully saturated rings. The second-order valence-electron chi connectivity index (χ2n) is 6.60. The molecule has 0 spiro atoms. The van der Waals surface area contributed by atoms with Crippen LogP contribution in [0.15, 0.2) is 18.2 Å². The average molecular weight is 336 g/mol. The van der Waals surface area contributed by atoms with E-state index in [4.69, 9.17) is 0 Å². The molecule has 0 bridgehead atoms. The Balaban J connectivity index is 2.18. The summed E-state index contributed by atoms with van der Waals surface area (Å²) in [6.45, 7) is 4.63. The molecule has 1 N–H and O–H groups in total. The molecule has 2 rings (SSSR count). The molecule has 1 unspecified atom stereocenters. The van der Waals surface area contributed by atoms with Crippen molar-refractivity contribution in [2.24, 2.45) is 5.92 Å². The topological polar surface area (TPSA) is 77.9 Å². The first kappa shape index (κ1) is 17.9. The van der Waals surface area contributed by atoms with Gasteiger partial charge >= 0.3 is 5.97 Å². The fourth-order valence-electron chi connectivity index (χ4n) is 2.61. The van der Waals surface area contributed by atoms with Crippen molar-refractivity contribution in [1.82, 2.24) is 4.90 Å². The maximum absolute atomic E-state index is 13.4. The van der Waals surface area contributed by atoms with Crippen molar-refractivity contribution in [3.8, 4) is 0 Å². The Morgan fingerprint density at radius 1 is 1.38 bits per heavy atom. The van der Waals surface area contributed by atoms with Crippen LogP contribution in [0.2, 0.25) is 0 Å². The average Bonchev–Trinajstić information content (AvgIpc) is 2.90. The lowest BCUT2D eigenvalue weighted by Gasteiger charge is -2.33. The molecule has 1 aliphatic heterocycles. The first-order valence-corrected chi connectivity index (χ1v) is 7.63. The van der Waals surface area contributed by atoms with Crippen molar-refractivity contribution in [2.75, 3.05) is 18.5 Å². The summed E-state index contributed by atoms with van der Waals surface area (Å²) in [5, 5.41) is 9.24. The molecule has 2 amide bonds. The fourth-order valence-corrected chi connectivity index (χ4v) is 2.61. The largest absolute Gasteiger partial charge is 0.480 e. The minimum Gasteiger partial charge on any atom is -0.480 e. The third-order valence-electron chi connectivity index (χ3n) is 4.62. The van der Waals surface area contributed by atoms with Crippen LogP contribution in [-0.2, 0) is 14.4 Å². The van der Waals surface area contributed by atoms with Crippen LogP contribution < -0.4 is 4.90 Å². The monoisotopic (exact) mass is 336 g/mol. The van der Waals surface area contributed by atoms with Crippen LogP contribution in [0.25, 0.3) is 0 Å². The van der Waals surface area contributed by atoms with Gasteiger partial charge in [0.05, 0.1) is 5.92 Å². The van der Waals surface area contributed by atoms with E-state index >= 15 is 0 Å². The van der Waals surface area contributed by atoms with Crippen LogP contribution in [0.1, 0.15) is 25.8 Å². The molecule has 0 aliphatic carbocycles. The number of nitrogens with zero attached hydrogens (tertiary/aromatic N) is 2. The number of carboxylic acid groups (broad SMARTS) is 1. The Labute approximate surface area is 139 Å². The van der Waals surface area contributed by atoms with Gasteiger partial charge in [0.2, 0.25) is 11.8 Å². The first-order valence-electron chi connectivity index (χ1n) is 7.63. The highest BCUT2D eigenvalue weighted by molar-refractivity contribution is 6.01. The summed E-state index contributed by atoms with van der Waals surface area (Å²) in [6, 6.07) is 4.34. The molecule has 1 aromatic carbocycles. The van der Waals surface area contributed by atoms with Gasteiger partial charge in [-0.05, 0) is 44.5 Å². The first-order chi connectivity index (χ1) is 11.1. The molecule has 1 heterocycles. The second kappa shape index (κ2) is 6.22. The van der Waals surface area contributed by atoms with Crippen molar-refractivity contribution in [2.45, 2.75) is 32.7 Å². The summed E-state index contributed by atoms with van der Waals surface area (Å²) in [5.41, 5.74) is -0.409. The van der Waals surface area contributed by atoms with E-state index < -0.39 is 23.3 Å². The van der Waals surface area contributed by atoms with E-state index in [0.717, 1.165) is 4.90 Å². The number of hydrogen-bond acceptors (Lipinski definition) is 3. The van der Waals surface area contributed by atoms with Gasteiger partial charge in [-0.2, -0.15) is 0 Å². The van der Waals surface area contributed by atoms with Gasteiger partial charge in [-0.1, -0.05) is 0 Å². The maximum atomic E-state index is 13.4. The van der Waals surface area contributed by atoms with Gasteiger partial charge in [0, 0.05) is 25.7 Å². The Morgan fingerprint density at radius 3 is 2.54 bits per heavy atom. The van der Waals surface area contributed by atoms with Crippen molar-refractivity contribution < 1.29 is 23.9 Å². The number of rotatable bonds is 4. The number of carbonyl (C=O) groups is 3. The summed E-state index contributed by atoms with van der Waals surface area (Å²) in [4.78, 5) is 38.7. The maximum Gasteiger partial charge on any atom is 0.329 e. The van der Waals surface area contributed by atoms with Gasteiger partial charge in [-0.25, -0.2) is 9.18 Å². The normalized spacial score (nSPS) is 18.0. The molecule has 1 aromatic rings. The van der Waals surface area contributed by atoms with Gasteiger partial charge < -0.3 is 14.9 Å². The van der Waals surface area contributed by atoms with Crippen LogP contribution in [0.4, 0.5) is 10.1 Å². The van der Waals surface area contributed by atoms with Gasteiger partial charge in [0.15, 0.2) is 0 Å². The molecular weight excluding hydrogens is 315 g/mol. The van der Waals surface area contributed by atoms with Crippen LogP contribution >= 0.6 is 0 Å². The number of hydrogen-bond donors (Lipinski definition) is 1. The number of anilines is 1. The smallest absolute Gasteiger partial charge is 0.329 e. The number of likely N-dealkylation sites (N-methyl/N-ethyl adjacent to an activating group) is 1. The fraction of sp³-hybridized carbons (Fsp3) is 0.471. The molecule has 1 atom stereocenters. The molecular formula is C17H21FN2O4. The minimum absolute atomic E-state index is 0.00922. The number of benzene rings is 1. The van der Waals surface area contributed by atoms with E-state index in [9.17, 15) is 23.9 Å². The van der Waals surface area contributed by atoms with Crippen LogP contribution in [0.3, 0.4) is 0 Å². The SMILES string of the molecule is Cc1cc(N2CC(C(=O)N(C)C(C)(C)C(=O)O)CC2=O)ccc1F. The summed E-state index contributed by atoms with van der Waals surface area (Å²) < 4.78 is 13.4. The van der Waals surface area contributed by atoms with E-state index in [2.05, 4.69) is 0 Å². The predicted octanol–water partition coefficient (Wildman–Crippen LogP) is 1.81. The molecule has 0 saturated carbocycles. The number of aliphatic carboxylic acids is 1. The highest BCUT2D eigenvalue weighted by Crippen LogP contribution is 2.29. The molecule has 6 nitrogen and oxygen atoms in total. The Bertz CT molecular complexity index is 702. The predicted molar refractivity (Wildman–Crippen MR) is 86.1 cm³/mol. The summed E-state index contributed by atoms with van der Waals surface area (Å²) in [5.74, 6) is -2.72. The molecule has 1 saturated heterocycles. The number of halogens is 1. The quantitative estimate of drug-likeness (QED) is 0.909. The van der Waals surface area contributed by atoms with E-state index in [1.165, 1.54) is 37.9 Å². The Morgan fingerprint density at radius 2 is 2.00 bits per heavy atom. The van der Waals surface area contributed by atoms with E-state index in [1.807, 2.05) is 0 Å². The number of amides is 2. The van der Waals surface area contributed by atoms with Crippen molar-refractivity contribution in [3.05, 3.63) is 29.6 Å². The molecule has 0 aromatic heterocycles. The van der Waals surface area contributed by atoms with Crippen LogP contribution in [0.5, 0.6) is 0 Å². The van der Waals surface area contributed by atoms with Crippen molar-refractivity contribution in [1.29, 1.82) is 0 Å². The third kappa shape index (κ3) is 3.11. The van der Waals surface area contributed by atoms with Gasteiger partial charge in [-0.15, -0.1) is 0 Å². The van der Waals surface area contributed by atoms with E-state index in [0.29, 0.717) is 11.3 Å². The van der Waals surface area contributed by atoms with Gasteiger partial charge in [-0.3, -0.25) is 9.59 Å². The zero-order chi connectivity index (χ0) is 18.2. The minimum atomic E-state index is -1.36. The highest BCUT2D eigenvalue weighted by atomic mass is 19.1. The lowest BCUT2D eigenvalue weighted by Crippen LogP contribution is -2.52. The molecule has 24 heavy (non-hydrogen) atoms. The Kier molecular flexibility index (Phi) is 4.64. The van der Waals surface area contributed by atoms with E-state index in [-0.39, 0.29) is 24.7 Å². The molecule has 130 valence electrons. The number of carboxylic acids is 1. The van der Waals surface area contributed by atoms with E-state index in [1.54, 1.807) is 13.0 Å². The van der Waals surface area contributed by atoms with Crippen molar-refractivity contribution >= 4 is 23.5 Å². The highest BCUT2D eigenvalue weighted by Gasteiger charge is 2.42. The Hall–Kier alpha value is -2.44. The summed E-state index contributed by atoms with van der Waals surface area (Å²) in [6.07, 6.45) is 0.00922. The standard InChI is InChI=1S/C17H21FN2O4/c1-10-7-12(5-6-13(10)18)20-9-11(8-14(20)21)15(22)19(4)17(2,3)16(23)24/h5-7,11H,8-9H2,1-4H3,(H,23,24). The summed E-state index contributed by atoms with van der Waals surface area (Å²) in [7, 11) is 1.42. The number of carbonyl (C=O) groups excluding carboxylic acids is 2. The van der Waals surface area contributed by atoms with Gasteiger partial charge in [0.25, 0.3) is 0 Å². The zero-order valence-corrected chi connectivity index (χ0v) is 14.2. The van der Waals surface area contributed by atoms with Crippen LogP contribution in [0, 0.1) is 18.7 Å². The third-order valence-corrected chi connectivity index (χ3v) is 4.62. The summed E-state index contributed by atoms with van der Waals surface area (Å²) >= 11 is 0. The van der Waals surface area contributed by atoms with Crippen LogP contribution in [-0.4, -0.2) is 46.9 Å². The van der Waals surface area contributed by atoms with Gasteiger partial charge in [0.1, 0.15) is 11.4 Å². The second-order valence-corrected chi connectivity index (χ2v) is 6.60. The lowest BCUT2D eigenvalue weighted by atomic mass is 10.00. The number of aryl methyl sites for hydroxylation is 1. The zero-order valence-electron chi connectivity index (χ0n) is 14.2. The van der Waals surface area contributed by atoms with Crippen molar-refractivity contribution in [3.63, 3.8) is 0 Å². The molecule has 0 radical (unpaired) electrons. The molecule has 7 heteroatoms. The lowest BCUT2D eigenvalue weighted by molar-refractivity contribution is -0.156.